The molecule has 0 spiro atoms. The fourth-order valence-electron chi connectivity index (χ4n) is 3.95. The smallest absolute Gasteiger partial charge is 0.00277 e. The molecule has 0 nitrogen and oxygen atoms in total. The van der Waals surface area contributed by atoms with E-state index in [1.165, 1.54) is 54.4 Å². The Morgan fingerprint density at radius 1 is 0.750 bits per heavy atom. The monoisotopic (exact) mass is 330 g/mol. The molecule has 0 fully saturated rings. The Morgan fingerprint density at radius 2 is 1.33 bits per heavy atom. The molecular formula is C23H23P. The van der Waals surface area contributed by atoms with E-state index in [2.05, 4.69) is 59.0 Å². The van der Waals surface area contributed by atoms with E-state index in [0.717, 1.165) is 0 Å². The number of hydrogen-bond acceptors (Lipinski definition) is 0. The fourth-order valence-corrected chi connectivity index (χ4v) is 5.91. The van der Waals surface area contributed by atoms with Crippen molar-refractivity contribution in [2.45, 2.75) is 13.8 Å². The van der Waals surface area contributed by atoms with Crippen LogP contribution in [0.15, 0.2) is 38.4 Å². The zero-order valence-corrected chi connectivity index (χ0v) is 15.6. The van der Waals surface area contributed by atoms with E-state index < -0.39 is 0 Å². The summed E-state index contributed by atoms with van der Waals surface area (Å²) in [5.41, 5.74) is 6.13. The molecule has 0 aliphatic carbocycles. The first kappa shape index (κ1) is 16.6. The van der Waals surface area contributed by atoms with E-state index in [1.807, 2.05) is 24.3 Å². The van der Waals surface area contributed by atoms with Gasteiger partial charge in [-0.25, -0.2) is 0 Å². The van der Waals surface area contributed by atoms with Gasteiger partial charge >= 0.3 is 0 Å². The number of aryl methyl sites for hydroxylation is 3. The number of hydrogen-bond donors (Lipinski definition) is 0. The molecule has 24 heavy (non-hydrogen) atoms. The first-order valence-electron chi connectivity index (χ1n) is 8.09. The van der Waals surface area contributed by atoms with Crippen LogP contribution in [0.5, 0.6) is 0 Å². The highest BCUT2D eigenvalue weighted by molar-refractivity contribution is 7.55. The summed E-state index contributed by atoms with van der Waals surface area (Å²) in [4.78, 5) is 0. The first-order valence-corrected chi connectivity index (χ1v) is 9.88. The molecule has 0 aliphatic heterocycles. The molecule has 1 heteroatoms. The lowest BCUT2D eigenvalue weighted by molar-refractivity contribution is 1.42. The van der Waals surface area contributed by atoms with Gasteiger partial charge in [-0.15, -0.1) is 7.53 Å². The largest absolute Gasteiger partial charge is 0.112 e. The second-order valence-electron chi connectivity index (χ2n) is 6.13. The van der Waals surface area contributed by atoms with E-state index in [4.69, 9.17) is 0 Å². The molecule has 0 saturated carbocycles. The van der Waals surface area contributed by atoms with Gasteiger partial charge in [-0.3, -0.25) is 0 Å². The zero-order valence-electron chi connectivity index (χ0n) is 14.7. The molecule has 120 valence electrons. The van der Waals surface area contributed by atoms with Crippen LogP contribution in [0.25, 0.3) is 45.6 Å². The summed E-state index contributed by atoms with van der Waals surface area (Å²) >= 11 is 0. The van der Waals surface area contributed by atoms with Crippen molar-refractivity contribution in [1.29, 1.82) is 0 Å². The molecule has 0 saturated heterocycles. The van der Waals surface area contributed by atoms with Gasteiger partial charge < -0.3 is 0 Å². The van der Waals surface area contributed by atoms with Gasteiger partial charge in [0.25, 0.3) is 0 Å². The summed E-state index contributed by atoms with van der Waals surface area (Å²) in [5, 5.41) is 6.70. The summed E-state index contributed by atoms with van der Waals surface area (Å²) in [6.45, 7) is 22.8. The standard InChI is InChI=1S/C23H23P/c1-8-16-14(5)19-12-13-21-23(22(19)15(6)17(16)9-2)18(10-3)20(11-4)24(21)7/h8-13H,1-4H2,5-7H3. The van der Waals surface area contributed by atoms with E-state index in [0.29, 0.717) is 0 Å². The van der Waals surface area contributed by atoms with Crippen molar-refractivity contribution >= 4 is 53.1 Å². The molecule has 3 rings (SSSR count). The van der Waals surface area contributed by atoms with Crippen molar-refractivity contribution < 1.29 is 0 Å². The van der Waals surface area contributed by atoms with Gasteiger partial charge in [-0.05, 0) is 65.2 Å². The molecule has 0 radical (unpaired) electrons. The molecule has 3 aromatic rings. The normalized spacial score (nSPS) is 11.7. The first-order chi connectivity index (χ1) is 11.5. The second-order valence-corrected chi connectivity index (χ2v) is 8.22. The van der Waals surface area contributed by atoms with Crippen molar-refractivity contribution in [2.75, 3.05) is 0 Å². The molecule has 0 aliphatic rings. The van der Waals surface area contributed by atoms with E-state index >= 15 is 0 Å². The van der Waals surface area contributed by atoms with Gasteiger partial charge in [0.2, 0.25) is 0 Å². The SMILES string of the molecule is C=Cc1c(C=C)c(C)c2c(ccc3c2c(C=C)c(C=C)p3C)c1C. The Hall–Kier alpha value is -2.30. The summed E-state index contributed by atoms with van der Waals surface area (Å²) in [6.07, 6.45) is 7.89. The third kappa shape index (κ3) is 2.00. The van der Waals surface area contributed by atoms with Crippen LogP contribution in [0.1, 0.15) is 33.1 Å². The second kappa shape index (κ2) is 5.96. The minimum absolute atomic E-state index is 0.366. The fraction of sp³-hybridized carbons (Fsp3) is 0.130. The zero-order chi connectivity index (χ0) is 17.6. The van der Waals surface area contributed by atoms with Crippen molar-refractivity contribution in [2.24, 2.45) is 6.66 Å². The molecule has 1 unspecified atom stereocenters. The molecule has 0 bridgehead atoms. The van der Waals surface area contributed by atoms with E-state index in [1.54, 1.807) is 0 Å². The van der Waals surface area contributed by atoms with Crippen molar-refractivity contribution in [3.05, 3.63) is 71.6 Å². The van der Waals surface area contributed by atoms with Crippen LogP contribution in [-0.2, 0) is 6.66 Å². The van der Waals surface area contributed by atoms with Crippen molar-refractivity contribution in [3.8, 4) is 0 Å². The predicted octanol–water partition coefficient (Wildman–Crippen LogP) is 7.71. The predicted molar refractivity (Wildman–Crippen MR) is 115 cm³/mol. The third-order valence-electron chi connectivity index (χ3n) is 5.13. The van der Waals surface area contributed by atoms with Crippen LogP contribution < -0.4 is 0 Å². The summed E-state index contributed by atoms with van der Waals surface area (Å²) in [5.74, 6) is 0. The summed E-state index contributed by atoms with van der Waals surface area (Å²) in [6, 6.07) is 4.55. The highest BCUT2D eigenvalue weighted by Crippen LogP contribution is 2.50. The summed E-state index contributed by atoms with van der Waals surface area (Å²) in [7, 11) is -0.366. The van der Waals surface area contributed by atoms with Gasteiger partial charge in [0.05, 0.1) is 0 Å². The highest BCUT2D eigenvalue weighted by atomic mass is 31.1. The Bertz CT molecular complexity index is 1040. The molecule has 2 aromatic carbocycles. The van der Waals surface area contributed by atoms with Gasteiger partial charge in [0.15, 0.2) is 0 Å². The Morgan fingerprint density at radius 3 is 1.88 bits per heavy atom. The number of fused-ring (bicyclic) bond motifs is 3. The van der Waals surface area contributed by atoms with Gasteiger partial charge in [0, 0.05) is 15.8 Å². The van der Waals surface area contributed by atoms with Crippen LogP contribution in [0.2, 0.25) is 0 Å². The average Bonchev–Trinajstić information content (AvgIpc) is 2.88. The minimum Gasteiger partial charge on any atom is -0.112 e. The third-order valence-corrected chi connectivity index (χ3v) is 7.38. The molecule has 0 N–H and O–H groups in total. The maximum atomic E-state index is 4.08. The lowest BCUT2D eigenvalue weighted by Gasteiger charge is -2.16. The molecule has 1 aromatic heterocycles. The molecular weight excluding hydrogens is 307 g/mol. The molecule has 1 heterocycles. The number of benzene rings is 2. The van der Waals surface area contributed by atoms with Gasteiger partial charge in [0.1, 0.15) is 0 Å². The van der Waals surface area contributed by atoms with Crippen LogP contribution >= 0.6 is 7.53 Å². The quantitative estimate of drug-likeness (QED) is 0.459. The van der Waals surface area contributed by atoms with E-state index in [-0.39, 0.29) is 7.53 Å². The minimum atomic E-state index is -0.366. The van der Waals surface area contributed by atoms with Crippen LogP contribution in [0, 0.1) is 13.8 Å². The van der Waals surface area contributed by atoms with Crippen LogP contribution in [-0.4, -0.2) is 0 Å². The number of rotatable bonds is 4. The molecule has 1 atom stereocenters. The Kier molecular flexibility index (Phi) is 4.11. The van der Waals surface area contributed by atoms with Gasteiger partial charge in [-0.1, -0.05) is 56.7 Å². The summed E-state index contributed by atoms with van der Waals surface area (Å²) < 4.78 is 0. The maximum Gasteiger partial charge on any atom is 0.00277 e. The van der Waals surface area contributed by atoms with Crippen LogP contribution in [0.3, 0.4) is 0 Å². The Balaban J connectivity index is 2.74. The Labute approximate surface area is 145 Å². The topological polar surface area (TPSA) is 0 Å². The van der Waals surface area contributed by atoms with Gasteiger partial charge in [-0.2, -0.15) is 0 Å². The highest BCUT2D eigenvalue weighted by Gasteiger charge is 2.18. The van der Waals surface area contributed by atoms with Crippen molar-refractivity contribution in [3.63, 3.8) is 0 Å². The van der Waals surface area contributed by atoms with Crippen LogP contribution in [0.4, 0.5) is 0 Å². The lowest BCUT2D eigenvalue weighted by Crippen LogP contribution is -1.95. The maximum absolute atomic E-state index is 4.08. The molecule has 0 amide bonds. The lowest BCUT2D eigenvalue weighted by atomic mass is 9.88. The average molecular weight is 330 g/mol. The van der Waals surface area contributed by atoms with E-state index in [9.17, 15) is 0 Å². The van der Waals surface area contributed by atoms with Crippen molar-refractivity contribution in [1.82, 2.24) is 0 Å².